The molecule has 0 atom stereocenters. The van der Waals surface area contributed by atoms with Gasteiger partial charge in [-0.1, -0.05) is 24.3 Å². The van der Waals surface area contributed by atoms with E-state index in [9.17, 15) is 17.6 Å². The maximum absolute atomic E-state index is 13.9. The number of hydrogen-bond acceptors (Lipinski definition) is 4. The number of rotatable bonds is 3. The summed E-state index contributed by atoms with van der Waals surface area (Å²) in [6.45, 7) is 0. The maximum Gasteiger partial charge on any atom is 0.344 e. The smallest absolute Gasteiger partial charge is 0.344 e. The number of fused-ring (bicyclic) bond motifs is 1. The number of carbonyl (C=O) groups is 1. The molecule has 6 heteroatoms. The minimum Gasteiger partial charge on any atom is -0.420 e. The molecule has 2 aliphatic rings. The van der Waals surface area contributed by atoms with Crippen LogP contribution in [0.3, 0.4) is 0 Å². The zero-order valence-electron chi connectivity index (χ0n) is 11.5. The summed E-state index contributed by atoms with van der Waals surface area (Å²) in [5.74, 6) is -1.90. The molecule has 22 heavy (non-hydrogen) atoms. The summed E-state index contributed by atoms with van der Waals surface area (Å²) >= 11 is 0. The summed E-state index contributed by atoms with van der Waals surface area (Å²) in [4.78, 5) is 11.9. The number of benzene rings is 1. The van der Waals surface area contributed by atoms with Crippen molar-refractivity contribution in [2.75, 3.05) is 6.26 Å². The highest BCUT2D eigenvalue weighted by atomic mass is 32.2. The second kappa shape index (κ2) is 5.06. The highest BCUT2D eigenvalue weighted by Gasteiger charge is 2.23. The predicted octanol–water partition coefficient (Wildman–Crippen LogP) is 2.50. The quantitative estimate of drug-likeness (QED) is 0.634. The van der Waals surface area contributed by atoms with Gasteiger partial charge < -0.3 is 4.74 Å². The van der Waals surface area contributed by atoms with Crippen LogP contribution in [0.4, 0.5) is 4.39 Å². The number of hydrogen-bond donors (Lipinski definition) is 0. The molecule has 0 unspecified atom stereocenters. The van der Waals surface area contributed by atoms with Crippen molar-refractivity contribution < 1.29 is 22.3 Å². The number of halogens is 1. The van der Waals surface area contributed by atoms with E-state index >= 15 is 0 Å². The van der Waals surface area contributed by atoms with Crippen LogP contribution in [0.25, 0.3) is 0 Å². The molecular weight excluding hydrogens is 307 g/mol. The first-order valence-corrected chi connectivity index (χ1v) is 8.28. The molecular formula is C16H11FO4S. The molecule has 112 valence electrons. The SMILES string of the molecule is CS(=O)(=O)c1ccc(OC(=O)C2=C3C=CC=C3C=C2)c(F)c1. The lowest BCUT2D eigenvalue weighted by Crippen LogP contribution is -2.11. The van der Waals surface area contributed by atoms with Gasteiger partial charge in [-0.2, -0.15) is 0 Å². The van der Waals surface area contributed by atoms with Crippen molar-refractivity contribution in [1.82, 2.24) is 0 Å². The first-order chi connectivity index (χ1) is 10.4. The molecule has 0 amide bonds. The van der Waals surface area contributed by atoms with Crippen molar-refractivity contribution in [2.24, 2.45) is 0 Å². The fourth-order valence-corrected chi connectivity index (χ4v) is 2.85. The van der Waals surface area contributed by atoms with E-state index < -0.39 is 21.6 Å². The van der Waals surface area contributed by atoms with Crippen LogP contribution in [0, 0.1) is 5.82 Å². The van der Waals surface area contributed by atoms with Gasteiger partial charge in [-0.15, -0.1) is 0 Å². The van der Waals surface area contributed by atoms with Crippen molar-refractivity contribution in [1.29, 1.82) is 0 Å². The van der Waals surface area contributed by atoms with Gasteiger partial charge in [0.15, 0.2) is 21.4 Å². The van der Waals surface area contributed by atoms with E-state index in [1.807, 2.05) is 12.2 Å². The standard InChI is InChI=1S/C16H11FO4S/c1-22(19,20)11-6-8-15(14(17)9-11)21-16(18)13-7-5-10-3-2-4-12(10)13/h2-9H,1H3. The summed E-state index contributed by atoms with van der Waals surface area (Å²) in [5.41, 5.74) is 1.98. The van der Waals surface area contributed by atoms with Gasteiger partial charge in [-0.25, -0.2) is 17.6 Å². The van der Waals surface area contributed by atoms with Crippen LogP contribution < -0.4 is 4.74 Å². The summed E-state index contributed by atoms with van der Waals surface area (Å²) < 4.78 is 41.6. The summed E-state index contributed by atoms with van der Waals surface area (Å²) in [6, 6.07) is 3.17. The Labute approximate surface area is 126 Å². The fourth-order valence-electron chi connectivity index (χ4n) is 2.22. The Bertz CT molecular complexity index is 902. The van der Waals surface area contributed by atoms with Gasteiger partial charge in [-0.3, -0.25) is 0 Å². The van der Waals surface area contributed by atoms with Crippen LogP contribution in [0.2, 0.25) is 0 Å². The predicted molar refractivity (Wildman–Crippen MR) is 78.5 cm³/mol. The average molecular weight is 318 g/mol. The Hall–Kier alpha value is -2.47. The molecule has 0 radical (unpaired) electrons. The third-order valence-electron chi connectivity index (χ3n) is 3.32. The van der Waals surface area contributed by atoms with Gasteiger partial charge in [0, 0.05) is 6.26 Å². The van der Waals surface area contributed by atoms with Crippen molar-refractivity contribution in [3.05, 3.63) is 71.1 Å². The third kappa shape index (κ3) is 2.53. The highest BCUT2D eigenvalue weighted by molar-refractivity contribution is 7.90. The van der Waals surface area contributed by atoms with E-state index in [1.165, 1.54) is 6.07 Å². The number of esters is 1. The molecule has 4 nitrogen and oxygen atoms in total. The molecule has 0 saturated heterocycles. The lowest BCUT2D eigenvalue weighted by atomic mass is 10.1. The number of allylic oxidation sites excluding steroid dienone is 6. The van der Waals surface area contributed by atoms with Gasteiger partial charge in [0.1, 0.15) is 0 Å². The summed E-state index contributed by atoms with van der Waals surface area (Å²) in [6.07, 6.45) is 9.79. The van der Waals surface area contributed by atoms with Crippen LogP contribution >= 0.6 is 0 Å². The molecule has 3 rings (SSSR count). The number of ether oxygens (including phenoxy) is 1. The Morgan fingerprint density at radius 3 is 2.64 bits per heavy atom. The molecule has 0 spiro atoms. The summed E-state index contributed by atoms with van der Waals surface area (Å²) in [5, 5.41) is 0. The molecule has 1 aromatic rings. The minimum absolute atomic E-state index is 0.170. The first-order valence-electron chi connectivity index (χ1n) is 6.39. The molecule has 0 aliphatic heterocycles. The van der Waals surface area contributed by atoms with Crippen LogP contribution in [0.15, 0.2) is 70.2 Å². The Morgan fingerprint density at radius 1 is 1.18 bits per heavy atom. The second-order valence-corrected chi connectivity index (χ2v) is 6.91. The molecule has 0 aromatic heterocycles. The van der Waals surface area contributed by atoms with Crippen molar-refractivity contribution >= 4 is 15.8 Å². The molecule has 0 bridgehead atoms. The second-order valence-electron chi connectivity index (χ2n) is 4.90. The Morgan fingerprint density at radius 2 is 1.95 bits per heavy atom. The fraction of sp³-hybridized carbons (Fsp3) is 0.0625. The van der Waals surface area contributed by atoms with Gasteiger partial charge >= 0.3 is 5.97 Å². The molecule has 0 N–H and O–H groups in total. The molecule has 0 heterocycles. The molecule has 2 aliphatic carbocycles. The van der Waals surface area contributed by atoms with Gasteiger partial charge in [0.2, 0.25) is 0 Å². The first kappa shape index (κ1) is 14.5. The topological polar surface area (TPSA) is 60.4 Å². The van der Waals surface area contributed by atoms with Gasteiger partial charge in [0.25, 0.3) is 0 Å². The van der Waals surface area contributed by atoms with E-state index in [-0.39, 0.29) is 10.6 Å². The summed E-state index contributed by atoms with van der Waals surface area (Å²) in [7, 11) is -3.52. The van der Waals surface area contributed by atoms with E-state index in [0.29, 0.717) is 5.57 Å². The average Bonchev–Trinajstić information content (AvgIpc) is 3.02. The Kier molecular flexibility index (Phi) is 3.33. The zero-order chi connectivity index (χ0) is 15.9. The monoisotopic (exact) mass is 318 g/mol. The van der Waals surface area contributed by atoms with Crippen molar-refractivity contribution in [2.45, 2.75) is 4.90 Å². The lowest BCUT2D eigenvalue weighted by molar-refractivity contribution is -0.130. The van der Waals surface area contributed by atoms with Crippen LogP contribution in [0.1, 0.15) is 0 Å². The third-order valence-corrected chi connectivity index (χ3v) is 4.43. The van der Waals surface area contributed by atoms with E-state index in [2.05, 4.69) is 0 Å². The van der Waals surface area contributed by atoms with E-state index in [1.54, 1.807) is 18.2 Å². The maximum atomic E-state index is 13.9. The van der Waals surface area contributed by atoms with Crippen LogP contribution in [0.5, 0.6) is 5.75 Å². The lowest BCUT2D eigenvalue weighted by Gasteiger charge is -2.07. The Balaban J connectivity index is 1.87. The minimum atomic E-state index is -3.52. The number of carbonyl (C=O) groups excluding carboxylic acids is 1. The molecule has 1 aromatic carbocycles. The number of sulfone groups is 1. The van der Waals surface area contributed by atoms with E-state index in [4.69, 9.17) is 4.74 Å². The molecule has 0 fully saturated rings. The van der Waals surface area contributed by atoms with Crippen LogP contribution in [-0.2, 0) is 14.6 Å². The van der Waals surface area contributed by atoms with Crippen molar-refractivity contribution in [3.8, 4) is 5.75 Å². The highest BCUT2D eigenvalue weighted by Crippen LogP contribution is 2.31. The molecule has 0 saturated carbocycles. The van der Waals surface area contributed by atoms with Gasteiger partial charge in [-0.05, 0) is 35.4 Å². The zero-order valence-corrected chi connectivity index (χ0v) is 12.4. The van der Waals surface area contributed by atoms with Crippen LogP contribution in [-0.4, -0.2) is 20.6 Å². The largest absolute Gasteiger partial charge is 0.420 e. The normalized spacial score (nSPS) is 16.0. The van der Waals surface area contributed by atoms with E-state index in [0.717, 1.165) is 29.5 Å². The van der Waals surface area contributed by atoms with Crippen molar-refractivity contribution in [3.63, 3.8) is 0 Å². The van der Waals surface area contributed by atoms with Gasteiger partial charge in [0.05, 0.1) is 10.5 Å².